The van der Waals surface area contributed by atoms with Crippen LogP contribution in [0.25, 0.3) is 5.69 Å². The second-order valence-electron chi connectivity index (χ2n) is 6.51. The molecule has 1 aliphatic heterocycles. The quantitative estimate of drug-likeness (QED) is 0.693. The van der Waals surface area contributed by atoms with E-state index in [1.807, 2.05) is 53.5 Å². The Morgan fingerprint density at radius 2 is 1.96 bits per heavy atom. The summed E-state index contributed by atoms with van der Waals surface area (Å²) in [5, 5.41) is 7.77. The zero-order chi connectivity index (χ0) is 19.3. The maximum Gasteiger partial charge on any atom is 0.224 e. The number of para-hydroxylation sites is 1. The summed E-state index contributed by atoms with van der Waals surface area (Å²) in [6.07, 6.45) is 4.74. The van der Waals surface area contributed by atoms with E-state index in [1.165, 1.54) is 0 Å². The number of carbonyl (C=O) groups excluding carboxylic acids is 1. The van der Waals surface area contributed by atoms with Crippen molar-refractivity contribution in [1.82, 2.24) is 15.1 Å². The number of amides is 1. The van der Waals surface area contributed by atoms with Crippen molar-refractivity contribution in [2.45, 2.75) is 12.8 Å². The van der Waals surface area contributed by atoms with E-state index in [2.05, 4.69) is 10.4 Å². The second-order valence-corrected chi connectivity index (χ2v) is 6.91. The summed E-state index contributed by atoms with van der Waals surface area (Å²) < 4.78 is 12.9. The lowest BCUT2D eigenvalue weighted by molar-refractivity contribution is -0.120. The molecule has 1 N–H and O–H groups in total. The van der Waals surface area contributed by atoms with Crippen LogP contribution in [0, 0.1) is 0 Å². The fourth-order valence-corrected chi connectivity index (χ4v) is 3.36. The van der Waals surface area contributed by atoms with Crippen LogP contribution in [0.1, 0.15) is 11.1 Å². The smallest absolute Gasteiger partial charge is 0.224 e. The summed E-state index contributed by atoms with van der Waals surface area (Å²) in [4.78, 5) is 12.3. The number of carbonyl (C=O) groups is 1. The molecule has 0 fully saturated rings. The lowest BCUT2D eigenvalue weighted by Crippen LogP contribution is -2.27. The molecule has 4 rings (SSSR count). The molecule has 0 spiro atoms. The molecule has 0 saturated heterocycles. The minimum absolute atomic E-state index is 0.0665. The van der Waals surface area contributed by atoms with Crippen LogP contribution < -0.4 is 14.8 Å². The summed E-state index contributed by atoms with van der Waals surface area (Å²) in [5.74, 6) is 1.07. The van der Waals surface area contributed by atoms with Crippen LogP contribution in [-0.2, 0) is 17.6 Å². The maximum absolute atomic E-state index is 12.3. The third-order valence-electron chi connectivity index (χ3n) is 4.41. The molecule has 1 aliphatic rings. The molecule has 1 amide bonds. The first kappa shape index (κ1) is 18.4. The molecular weight excluding hydrogens is 378 g/mol. The first-order valence-corrected chi connectivity index (χ1v) is 9.50. The Morgan fingerprint density at radius 1 is 1.14 bits per heavy atom. The molecule has 28 heavy (non-hydrogen) atoms. The van der Waals surface area contributed by atoms with E-state index >= 15 is 0 Å². The van der Waals surface area contributed by atoms with Gasteiger partial charge in [-0.1, -0.05) is 29.8 Å². The number of hydrogen-bond acceptors (Lipinski definition) is 4. The molecule has 0 atom stereocenters. The van der Waals surface area contributed by atoms with Gasteiger partial charge in [0.2, 0.25) is 5.91 Å². The van der Waals surface area contributed by atoms with E-state index < -0.39 is 0 Å². The highest BCUT2D eigenvalue weighted by molar-refractivity contribution is 6.32. The molecule has 2 aromatic carbocycles. The minimum atomic E-state index is -0.0665. The Balaban J connectivity index is 1.30. The molecule has 1 aromatic heterocycles. The van der Waals surface area contributed by atoms with Crippen molar-refractivity contribution in [3.63, 3.8) is 0 Å². The summed E-state index contributed by atoms with van der Waals surface area (Å²) >= 11 is 6.22. The monoisotopic (exact) mass is 397 g/mol. The topological polar surface area (TPSA) is 65.4 Å². The van der Waals surface area contributed by atoms with Gasteiger partial charge in [0.05, 0.1) is 23.3 Å². The van der Waals surface area contributed by atoms with E-state index in [1.54, 1.807) is 6.07 Å². The number of nitrogens with one attached hydrogen (secondary N) is 1. The molecule has 0 radical (unpaired) electrons. The van der Waals surface area contributed by atoms with Crippen molar-refractivity contribution in [2.75, 3.05) is 19.8 Å². The third-order valence-corrected chi connectivity index (χ3v) is 4.69. The van der Waals surface area contributed by atoms with Gasteiger partial charge < -0.3 is 14.8 Å². The first-order valence-electron chi connectivity index (χ1n) is 9.13. The highest BCUT2D eigenvalue weighted by Crippen LogP contribution is 2.38. The standard InChI is InChI=1S/C21H20ClN3O3/c22-18-10-16(11-19-21(18)28-9-8-27-19)12-20(26)23-7-6-15-13-24-25(14-15)17-4-2-1-3-5-17/h1-5,10-11,13-14H,6-9,12H2,(H,23,26). The van der Waals surface area contributed by atoms with Gasteiger partial charge in [0.1, 0.15) is 13.2 Å². The zero-order valence-electron chi connectivity index (χ0n) is 15.2. The van der Waals surface area contributed by atoms with Gasteiger partial charge in [0.15, 0.2) is 11.5 Å². The Labute approximate surface area is 168 Å². The molecular formula is C21H20ClN3O3. The first-order chi connectivity index (χ1) is 13.7. The minimum Gasteiger partial charge on any atom is -0.486 e. The number of benzene rings is 2. The predicted molar refractivity (Wildman–Crippen MR) is 106 cm³/mol. The molecule has 0 aliphatic carbocycles. The number of fused-ring (bicyclic) bond motifs is 1. The summed E-state index contributed by atoms with van der Waals surface area (Å²) in [5.41, 5.74) is 2.86. The van der Waals surface area contributed by atoms with Crippen LogP contribution in [0.5, 0.6) is 11.5 Å². The Hall–Kier alpha value is -2.99. The van der Waals surface area contributed by atoms with Crippen LogP contribution in [0.4, 0.5) is 0 Å². The van der Waals surface area contributed by atoms with Crippen molar-refractivity contribution in [3.8, 4) is 17.2 Å². The van der Waals surface area contributed by atoms with E-state index in [9.17, 15) is 4.79 Å². The molecule has 7 heteroatoms. The Bertz CT molecular complexity index is 972. The predicted octanol–water partition coefficient (Wildman–Crippen LogP) is 3.20. The molecule has 0 unspecified atom stereocenters. The maximum atomic E-state index is 12.3. The van der Waals surface area contributed by atoms with Crippen LogP contribution in [0.3, 0.4) is 0 Å². The lowest BCUT2D eigenvalue weighted by atomic mass is 10.1. The van der Waals surface area contributed by atoms with Gasteiger partial charge in [-0.3, -0.25) is 4.79 Å². The SMILES string of the molecule is O=C(Cc1cc(Cl)c2c(c1)OCCO2)NCCc1cnn(-c2ccccc2)c1. The van der Waals surface area contributed by atoms with Crippen molar-refractivity contribution in [1.29, 1.82) is 0 Å². The fourth-order valence-electron chi connectivity index (χ4n) is 3.07. The van der Waals surface area contributed by atoms with Crippen LogP contribution in [0.15, 0.2) is 54.9 Å². The van der Waals surface area contributed by atoms with Gasteiger partial charge in [-0.05, 0) is 41.8 Å². The molecule has 0 saturated carbocycles. The van der Waals surface area contributed by atoms with Gasteiger partial charge in [0.25, 0.3) is 0 Å². The molecule has 144 valence electrons. The average Bonchev–Trinajstić information content (AvgIpc) is 3.18. The fraction of sp³-hybridized carbons (Fsp3) is 0.238. The molecule has 3 aromatic rings. The summed E-state index contributed by atoms with van der Waals surface area (Å²) in [6.45, 7) is 1.50. The molecule has 6 nitrogen and oxygen atoms in total. The van der Waals surface area contributed by atoms with Crippen molar-refractivity contribution in [2.24, 2.45) is 0 Å². The largest absolute Gasteiger partial charge is 0.486 e. The normalized spacial score (nSPS) is 12.6. The van der Waals surface area contributed by atoms with E-state index in [0.29, 0.717) is 42.7 Å². The third kappa shape index (κ3) is 4.28. The Kier molecular flexibility index (Phi) is 5.48. The molecule has 0 bridgehead atoms. The van der Waals surface area contributed by atoms with Gasteiger partial charge in [-0.2, -0.15) is 5.10 Å². The van der Waals surface area contributed by atoms with Crippen LogP contribution in [-0.4, -0.2) is 35.4 Å². The van der Waals surface area contributed by atoms with E-state index in [4.69, 9.17) is 21.1 Å². The number of halogens is 1. The van der Waals surface area contributed by atoms with E-state index in [0.717, 1.165) is 16.8 Å². The van der Waals surface area contributed by atoms with Crippen LogP contribution in [0.2, 0.25) is 5.02 Å². The Morgan fingerprint density at radius 3 is 2.82 bits per heavy atom. The molecule has 2 heterocycles. The van der Waals surface area contributed by atoms with Gasteiger partial charge in [0, 0.05) is 12.7 Å². The second kappa shape index (κ2) is 8.35. The summed E-state index contributed by atoms with van der Waals surface area (Å²) in [7, 11) is 0. The van der Waals surface area contributed by atoms with Crippen LogP contribution >= 0.6 is 11.6 Å². The highest BCUT2D eigenvalue weighted by Gasteiger charge is 2.17. The van der Waals surface area contributed by atoms with Gasteiger partial charge >= 0.3 is 0 Å². The number of rotatable bonds is 6. The highest BCUT2D eigenvalue weighted by atomic mass is 35.5. The number of ether oxygens (including phenoxy) is 2. The summed E-state index contributed by atoms with van der Waals surface area (Å²) in [6, 6.07) is 13.5. The lowest BCUT2D eigenvalue weighted by Gasteiger charge is -2.20. The average molecular weight is 398 g/mol. The van der Waals surface area contributed by atoms with Crippen molar-refractivity contribution in [3.05, 3.63) is 71.0 Å². The number of aromatic nitrogens is 2. The number of nitrogens with zero attached hydrogens (tertiary/aromatic N) is 2. The van der Waals surface area contributed by atoms with E-state index in [-0.39, 0.29) is 12.3 Å². The van der Waals surface area contributed by atoms with Gasteiger partial charge in [-0.15, -0.1) is 0 Å². The number of hydrogen-bond donors (Lipinski definition) is 1. The van der Waals surface area contributed by atoms with Gasteiger partial charge in [-0.25, -0.2) is 4.68 Å². The van der Waals surface area contributed by atoms with Crippen molar-refractivity contribution < 1.29 is 14.3 Å². The van der Waals surface area contributed by atoms with Crippen molar-refractivity contribution >= 4 is 17.5 Å². The zero-order valence-corrected chi connectivity index (χ0v) is 16.0.